The maximum atomic E-state index is 12.1. The Morgan fingerprint density at radius 1 is 1.16 bits per heavy atom. The van der Waals surface area contributed by atoms with Crippen LogP contribution in [0.4, 0.5) is 5.69 Å². The van der Waals surface area contributed by atoms with Crippen molar-refractivity contribution >= 4 is 22.6 Å². The number of aryl methyl sites for hydroxylation is 1. The molecule has 0 fully saturated rings. The molecular formula is C22H21N5O4. The van der Waals surface area contributed by atoms with Gasteiger partial charge in [-0.1, -0.05) is 24.2 Å². The third-order valence-corrected chi connectivity index (χ3v) is 4.78. The average molecular weight is 419 g/mol. The Morgan fingerprint density at radius 2 is 1.94 bits per heavy atom. The number of aromatic amines is 1. The maximum absolute atomic E-state index is 12.1. The topological polar surface area (TPSA) is 123 Å². The number of nitrogens with zero attached hydrogens (tertiary/aromatic N) is 3. The van der Waals surface area contributed by atoms with Crippen molar-refractivity contribution in [1.29, 1.82) is 0 Å². The van der Waals surface area contributed by atoms with Gasteiger partial charge >= 0.3 is 11.1 Å². The lowest BCUT2D eigenvalue weighted by atomic mass is 10.1. The molecule has 4 aromatic rings. The van der Waals surface area contributed by atoms with Crippen LogP contribution in [-0.4, -0.2) is 25.6 Å². The van der Waals surface area contributed by atoms with Crippen LogP contribution >= 0.6 is 0 Å². The number of hydrogen-bond acceptors (Lipinski definition) is 6. The van der Waals surface area contributed by atoms with E-state index < -0.39 is 11.1 Å². The molecule has 0 bridgehead atoms. The zero-order chi connectivity index (χ0) is 22.0. The van der Waals surface area contributed by atoms with E-state index in [4.69, 9.17) is 4.52 Å². The number of fused-ring (bicyclic) bond motifs is 1. The number of carbonyl (C=O) groups excluding carboxylic acids is 1. The Morgan fingerprint density at radius 3 is 2.65 bits per heavy atom. The lowest BCUT2D eigenvalue weighted by molar-refractivity contribution is -0.114. The highest BCUT2D eigenvalue weighted by atomic mass is 16.5. The van der Waals surface area contributed by atoms with E-state index in [9.17, 15) is 14.4 Å². The van der Waals surface area contributed by atoms with E-state index in [1.165, 1.54) is 11.5 Å². The quantitative estimate of drug-likeness (QED) is 0.463. The zero-order valence-electron chi connectivity index (χ0n) is 17.1. The first-order valence-electron chi connectivity index (χ1n) is 9.91. The molecule has 9 nitrogen and oxygen atoms in total. The highest BCUT2D eigenvalue weighted by Crippen LogP contribution is 2.21. The first-order chi connectivity index (χ1) is 14.9. The van der Waals surface area contributed by atoms with Gasteiger partial charge in [-0.25, -0.2) is 0 Å². The summed E-state index contributed by atoms with van der Waals surface area (Å²) in [6.07, 6.45) is 1.17. The minimum absolute atomic E-state index is 0.127. The van der Waals surface area contributed by atoms with Crippen molar-refractivity contribution in [2.45, 2.75) is 33.2 Å². The summed E-state index contributed by atoms with van der Waals surface area (Å²) in [7, 11) is 0. The van der Waals surface area contributed by atoms with Crippen molar-refractivity contribution in [3.8, 4) is 11.4 Å². The number of rotatable bonds is 6. The Kier molecular flexibility index (Phi) is 5.48. The van der Waals surface area contributed by atoms with Crippen LogP contribution in [-0.2, 0) is 17.8 Å². The number of carbonyl (C=O) groups is 1. The summed E-state index contributed by atoms with van der Waals surface area (Å²) in [5.74, 6) is 0.699. The molecule has 1 amide bonds. The predicted molar refractivity (Wildman–Crippen MR) is 116 cm³/mol. The molecule has 2 heterocycles. The summed E-state index contributed by atoms with van der Waals surface area (Å²) >= 11 is 0. The second-order valence-electron chi connectivity index (χ2n) is 7.21. The minimum Gasteiger partial charge on any atom is -0.339 e. The van der Waals surface area contributed by atoms with Crippen LogP contribution < -0.4 is 16.4 Å². The van der Waals surface area contributed by atoms with E-state index in [0.717, 1.165) is 12.0 Å². The van der Waals surface area contributed by atoms with Crippen LogP contribution in [0.2, 0.25) is 0 Å². The molecule has 0 saturated carbocycles. The molecule has 0 unspecified atom stereocenters. The lowest BCUT2D eigenvalue weighted by Gasteiger charge is -2.08. The van der Waals surface area contributed by atoms with Gasteiger partial charge in [-0.05, 0) is 42.3 Å². The molecule has 0 saturated heterocycles. The van der Waals surface area contributed by atoms with Gasteiger partial charge in [0.1, 0.15) is 0 Å². The van der Waals surface area contributed by atoms with Gasteiger partial charge < -0.3 is 19.4 Å². The number of anilines is 1. The van der Waals surface area contributed by atoms with Gasteiger partial charge in [-0.15, -0.1) is 0 Å². The average Bonchev–Trinajstić information content (AvgIpc) is 3.20. The van der Waals surface area contributed by atoms with Crippen LogP contribution in [0.25, 0.3) is 22.4 Å². The first-order valence-corrected chi connectivity index (χ1v) is 9.91. The smallest absolute Gasteiger partial charge is 0.316 e. The Bertz CT molecular complexity index is 1370. The van der Waals surface area contributed by atoms with Crippen molar-refractivity contribution in [3.63, 3.8) is 0 Å². The second-order valence-corrected chi connectivity index (χ2v) is 7.21. The van der Waals surface area contributed by atoms with Crippen LogP contribution in [0.3, 0.4) is 0 Å². The molecule has 2 N–H and O–H groups in total. The SMILES string of the molecule is CCCn1c(=O)c(=O)[nH]c2cc(-c3noc(Cc4ccc(NC(C)=O)cc4)n3)ccc21. The highest BCUT2D eigenvalue weighted by molar-refractivity contribution is 5.88. The molecule has 31 heavy (non-hydrogen) atoms. The minimum atomic E-state index is -0.658. The standard InChI is InChI=1S/C22H21N5O4/c1-3-10-27-18-9-6-15(12-17(18)24-21(29)22(27)30)20-25-19(31-26-20)11-14-4-7-16(8-5-14)23-13(2)28/h4-9,12H,3,10-11H2,1-2H3,(H,23,28)(H,24,29). The van der Waals surface area contributed by atoms with Crippen molar-refractivity contribution in [2.24, 2.45) is 0 Å². The fraction of sp³-hybridized carbons (Fsp3) is 0.227. The predicted octanol–water partition coefficient (Wildman–Crippen LogP) is 2.70. The molecule has 158 valence electrons. The molecule has 0 spiro atoms. The van der Waals surface area contributed by atoms with Gasteiger partial charge in [0.15, 0.2) is 0 Å². The third-order valence-electron chi connectivity index (χ3n) is 4.78. The summed E-state index contributed by atoms with van der Waals surface area (Å²) < 4.78 is 6.85. The molecule has 0 aliphatic carbocycles. The third kappa shape index (κ3) is 4.30. The molecule has 2 aromatic carbocycles. The maximum Gasteiger partial charge on any atom is 0.316 e. The lowest BCUT2D eigenvalue weighted by Crippen LogP contribution is -2.36. The Labute approximate surface area is 176 Å². The summed E-state index contributed by atoms with van der Waals surface area (Å²) in [6, 6.07) is 12.7. The molecule has 4 rings (SSSR count). The fourth-order valence-electron chi connectivity index (χ4n) is 3.39. The van der Waals surface area contributed by atoms with Gasteiger partial charge in [0.2, 0.25) is 17.6 Å². The number of aromatic nitrogens is 4. The number of hydrogen-bond donors (Lipinski definition) is 2. The Hall–Kier alpha value is -4.01. The summed E-state index contributed by atoms with van der Waals surface area (Å²) in [6.45, 7) is 3.87. The normalized spacial score (nSPS) is 11.0. The molecule has 2 aromatic heterocycles. The summed E-state index contributed by atoms with van der Waals surface area (Å²) in [4.78, 5) is 42.3. The first kappa shape index (κ1) is 20.3. The van der Waals surface area contributed by atoms with Crippen LogP contribution in [0, 0.1) is 0 Å². The largest absolute Gasteiger partial charge is 0.339 e. The van der Waals surface area contributed by atoms with E-state index in [1.54, 1.807) is 18.2 Å². The van der Waals surface area contributed by atoms with Gasteiger partial charge in [0.05, 0.1) is 17.5 Å². The number of nitrogens with one attached hydrogen (secondary N) is 2. The summed E-state index contributed by atoms with van der Waals surface area (Å²) in [5, 5.41) is 6.76. The van der Waals surface area contributed by atoms with E-state index in [0.29, 0.717) is 47.0 Å². The number of H-pyrrole nitrogens is 1. The molecule has 0 aliphatic rings. The Balaban J connectivity index is 1.60. The van der Waals surface area contributed by atoms with Crippen molar-refractivity contribution in [3.05, 3.63) is 74.6 Å². The van der Waals surface area contributed by atoms with Crippen LogP contribution in [0.5, 0.6) is 0 Å². The van der Waals surface area contributed by atoms with Crippen molar-refractivity contribution < 1.29 is 9.32 Å². The van der Waals surface area contributed by atoms with E-state index in [-0.39, 0.29) is 5.91 Å². The fourth-order valence-corrected chi connectivity index (χ4v) is 3.39. The number of amides is 1. The van der Waals surface area contributed by atoms with Crippen LogP contribution in [0.15, 0.2) is 56.6 Å². The molecule has 0 aliphatic heterocycles. The molecule has 0 atom stereocenters. The molecule has 0 radical (unpaired) electrons. The highest BCUT2D eigenvalue weighted by Gasteiger charge is 2.13. The van der Waals surface area contributed by atoms with Crippen molar-refractivity contribution in [1.82, 2.24) is 19.7 Å². The van der Waals surface area contributed by atoms with Gasteiger partial charge in [-0.3, -0.25) is 14.4 Å². The van der Waals surface area contributed by atoms with E-state index in [1.807, 2.05) is 31.2 Å². The van der Waals surface area contributed by atoms with Crippen LogP contribution in [0.1, 0.15) is 31.7 Å². The zero-order valence-corrected chi connectivity index (χ0v) is 17.1. The van der Waals surface area contributed by atoms with Gasteiger partial charge in [0.25, 0.3) is 0 Å². The summed E-state index contributed by atoms with van der Waals surface area (Å²) in [5.41, 5.74) is 2.31. The second kappa shape index (κ2) is 8.39. The van der Waals surface area contributed by atoms with Gasteiger partial charge in [0, 0.05) is 24.7 Å². The van der Waals surface area contributed by atoms with Crippen molar-refractivity contribution in [2.75, 3.05) is 5.32 Å². The number of benzene rings is 2. The monoisotopic (exact) mass is 419 g/mol. The van der Waals surface area contributed by atoms with E-state index >= 15 is 0 Å². The van der Waals surface area contributed by atoms with Gasteiger partial charge in [-0.2, -0.15) is 4.98 Å². The molecule has 9 heteroatoms. The van der Waals surface area contributed by atoms with E-state index in [2.05, 4.69) is 20.4 Å². The molecular weight excluding hydrogens is 398 g/mol.